The molecule has 2 heteroatoms. The van der Waals surface area contributed by atoms with Gasteiger partial charge < -0.3 is 4.79 Å². The van der Waals surface area contributed by atoms with E-state index in [1.165, 1.54) is 51.5 Å². The Bertz CT molecular complexity index is 175. The van der Waals surface area contributed by atoms with Crippen molar-refractivity contribution in [3.63, 3.8) is 0 Å². The second kappa shape index (κ2) is 4.23. The molecule has 2 nitrogen and oxygen atoms in total. The van der Waals surface area contributed by atoms with Gasteiger partial charge in [0.15, 0.2) is 0 Å². The number of carbonyl (C=O) groups is 1. The molecule has 0 aromatic rings. The van der Waals surface area contributed by atoms with Crippen molar-refractivity contribution in [3.8, 4) is 0 Å². The van der Waals surface area contributed by atoms with Crippen molar-refractivity contribution in [1.29, 1.82) is 0 Å². The van der Waals surface area contributed by atoms with E-state index in [0.29, 0.717) is 12.0 Å². The van der Waals surface area contributed by atoms with E-state index < -0.39 is 0 Å². The third-order valence-corrected chi connectivity index (χ3v) is 3.57. The van der Waals surface area contributed by atoms with E-state index in [1.807, 2.05) is 0 Å². The second-order valence-electron chi connectivity index (χ2n) is 4.39. The van der Waals surface area contributed by atoms with E-state index in [9.17, 15) is 4.79 Å². The predicted octanol–water partition coefficient (Wildman–Crippen LogP) is 1.84. The molecule has 1 saturated heterocycles. The van der Waals surface area contributed by atoms with Crippen LogP contribution in [0.4, 0.5) is 0 Å². The van der Waals surface area contributed by atoms with Gasteiger partial charge in [0.2, 0.25) is 0 Å². The normalized spacial score (nSPS) is 36.3. The summed E-state index contributed by atoms with van der Waals surface area (Å²) in [4.78, 5) is 13.4. The minimum absolute atomic E-state index is 0.340. The highest BCUT2D eigenvalue weighted by molar-refractivity contribution is 5.55. The Morgan fingerprint density at radius 1 is 1.00 bits per heavy atom. The molecule has 1 heterocycles. The maximum atomic E-state index is 10.9. The lowest BCUT2D eigenvalue weighted by Gasteiger charge is -2.35. The van der Waals surface area contributed by atoms with Crippen LogP contribution in [0, 0.1) is 5.92 Å². The van der Waals surface area contributed by atoms with Crippen molar-refractivity contribution < 1.29 is 4.79 Å². The van der Waals surface area contributed by atoms with E-state index in [2.05, 4.69) is 4.90 Å². The van der Waals surface area contributed by atoms with Gasteiger partial charge in [-0.05, 0) is 38.8 Å². The van der Waals surface area contributed by atoms with Crippen LogP contribution in [-0.2, 0) is 4.79 Å². The van der Waals surface area contributed by atoms with Crippen LogP contribution in [0.25, 0.3) is 0 Å². The summed E-state index contributed by atoms with van der Waals surface area (Å²) in [5, 5.41) is 0. The highest BCUT2D eigenvalue weighted by atomic mass is 16.1. The zero-order valence-corrected chi connectivity index (χ0v) is 8.24. The molecule has 1 saturated carbocycles. The first-order valence-corrected chi connectivity index (χ1v) is 5.61. The average Bonchev–Trinajstić information content (AvgIpc) is 2.70. The maximum Gasteiger partial charge on any atom is 0.124 e. The van der Waals surface area contributed by atoms with Crippen LogP contribution in [0.3, 0.4) is 0 Å². The van der Waals surface area contributed by atoms with Crippen molar-refractivity contribution in [3.05, 3.63) is 0 Å². The van der Waals surface area contributed by atoms with Crippen LogP contribution in [0.1, 0.15) is 38.5 Å². The molecule has 0 amide bonds. The van der Waals surface area contributed by atoms with Gasteiger partial charge in [0.25, 0.3) is 0 Å². The molecule has 2 aliphatic rings. The number of hydrogen-bond acceptors (Lipinski definition) is 2. The molecule has 1 aliphatic heterocycles. The molecule has 0 N–H and O–H groups in total. The van der Waals surface area contributed by atoms with Gasteiger partial charge in [-0.1, -0.05) is 12.8 Å². The maximum absolute atomic E-state index is 10.9. The predicted molar refractivity (Wildman–Crippen MR) is 52.6 cm³/mol. The second-order valence-corrected chi connectivity index (χ2v) is 4.39. The summed E-state index contributed by atoms with van der Waals surface area (Å²) < 4.78 is 0. The molecule has 2 unspecified atom stereocenters. The van der Waals surface area contributed by atoms with Crippen LogP contribution in [0.15, 0.2) is 0 Å². The molecule has 0 bridgehead atoms. The lowest BCUT2D eigenvalue weighted by Crippen LogP contribution is -2.41. The zero-order valence-electron chi connectivity index (χ0n) is 8.24. The van der Waals surface area contributed by atoms with Gasteiger partial charge in [-0.25, -0.2) is 0 Å². The number of nitrogens with zero attached hydrogens (tertiary/aromatic N) is 1. The Kier molecular flexibility index (Phi) is 2.99. The molecule has 0 aromatic carbocycles. The van der Waals surface area contributed by atoms with Crippen molar-refractivity contribution in [2.75, 3.05) is 13.1 Å². The fourth-order valence-electron chi connectivity index (χ4n) is 2.83. The summed E-state index contributed by atoms with van der Waals surface area (Å²) in [7, 11) is 0. The molecular formula is C11H19NO. The Balaban J connectivity index is 1.96. The summed E-state index contributed by atoms with van der Waals surface area (Å²) in [6.45, 7) is 2.46. The van der Waals surface area contributed by atoms with Crippen molar-refractivity contribution in [1.82, 2.24) is 4.90 Å². The quantitative estimate of drug-likeness (QED) is 0.606. The molecule has 2 rings (SSSR count). The van der Waals surface area contributed by atoms with Gasteiger partial charge in [0.05, 0.1) is 0 Å². The summed E-state index contributed by atoms with van der Waals surface area (Å²) in [6, 6.07) is 0.591. The van der Waals surface area contributed by atoms with Gasteiger partial charge in [-0.2, -0.15) is 0 Å². The number of carbonyl (C=O) groups excluding carboxylic acids is 1. The van der Waals surface area contributed by atoms with Crippen LogP contribution < -0.4 is 0 Å². The molecule has 2 fully saturated rings. The SMILES string of the molecule is O=CC1CCCCC1N1CCCC1. The van der Waals surface area contributed by atoms with Crippen LogP contribution >= 0.6 is 0 Å². The van der Waals surface area contributed by atoms with E-state index in [-0.39, 0.29) is 0 Å². The minimum Gasteiger partial charge on any atom is -0.303 e. The van der Waals surface area contributed by atoms with Gasteiger partial charge in [-0.15, -0.1) is 0 Å². The highest BCUT2D eigenvalue weighted by Crippen LogP contribution is 2.29. The van der Waals surface area contributed by atoms with Crippen molar-refractivity contribution in [2.45, 2.75) is 44.6 Å². The molecule has 74 valence electrons. The fourth-order valence-corrected chi connectivity index (χ4v) is 2.83. The van der Waals surface area contributed by atoms with Gasteiger partial charge >= 0.3 is 0 Å². The summed E-state index contributed by atoms with van der Waals surface area (Å²) in [5.41, 5.74) is 0. The smallest absolute Gasteiger partial charge is 0.124 e. The number of rotatable bonds is 2. The average molecular weight is 181 g/mol. The van der Waals surface area contributed by atoms with E-state index in [1.54, 1.807) is 0 Å². The summed E-state index contributed by atoms with van der Waals surface area (Å²) >= 11 is 0. The third kappa shape index (κ3) is 1.93. The van der Waals surface area contributed by atoms with Crippen LogP contribution in [0.5, 0.6) is 0 Å². The molecule has 1 aliphatic carbocycles. The molecule has 0 spiro atoms. The monoisotopic (exact) mass is 181 g/mol. The topological polar surface area (TPSA) is 20.3 Å². The van der Waals surface area contributed by atoms with Crippen molar-refractivity contribution >= 4 is 6.29 Å². The molecule has 0 aromatic heterocycles. The molecular weight excluding hydrogens is 162 g/mol. The van der Waals surface area contributed by atoms with Gasteiger partial charge in [0, 0.05) is 12.0 Å². The third-order valence-electron chi connectivity index (χ3n) is 3.57. The number of aldehydes is 1. The van der Waals surface area contributed by atoms with E-state index >= 15 is 0 Å². The Morgan fingerprint density at radius 3 is 2.38 bits per heavy atom. The van der Waals surface area contributed by atoms with Gasteiger partial charge in [-0.3, -0.25) is 4.90 Å². The largest absolute Gasteiger partial charge is 0.303 e. The highest BCUT2D eigenvalue weighted by Gasteiger charge is 2.30. The Labute approximate surface area is 80.3 Å². The first kappa shape index (κ1) is 9.20. The van der Waals surface area contributed by atoms with Gasteiger partial charge in [0.1, 0.15) is 6.29 Å². The van der Waals surface area contributed by atoms with Crippen molar-refractivity contribution in [2.24, 2.45) is 5.92 Å². The minimum atomic E-state index is 0.340. The van der Waals surface area contributed by atoms with E-state index in [0.717, 1.165) is 6.42 Å². The Morgan fingerprint density at radius 2 is 1.69 bits per heavy atom. The van der Waals surface area contributed by atoms with Crippen LogP contribution in [-0.4, -0.2) is 30.3 Å². The summed E-state index contributed by atoms with van der Waals surface area (Å²) in [5.74, 6) is 0.340. The molecule has 0 radical (unpaired) electrons. The zero-order chi connectivity index (χ0) is 9.10. The van der Waals surface area contributed by atoms with Crippen LogP contribution in [0.2, 0.25) is 0 Å². The number of hydrogen-bond donors (Lipinski definition) is 0. The lowest BCUT2D eigenvalue weighted by atomic mass is 9.84. The first-order chi connectivity index (χ1) is 6.42. The molecule has 13 heavy (non-hydrogen) atoms. The molecule has 2 atom stereocenters. The standard InChI is InChI=1S/C11H19NO/c13-9-10-5-1-2-6-11(10)12-7-3-4-8-12/h9-11H,1-8H2. The lowest BCUT2D eigenvalue weighted by molar-refractivity contribution is -0.114. The number of likely N-dealkylation sites (tertiary alicyclic amines) is 1. The summed E-state index contributed by atoms with van der Waals surface area (Å²) in [6.07, 6.45) is 8.83. The Hall–Kier alpha value is -0.370. The first-order valence-electron chi connectivity index (χ1n) is 5.61. The van der Waals surface area contributed by atoms with E-state index in [4.69, 9.17) is 0 Å². The fraction of sp³-hybridized carbons (Fsp3) is 0.909.